The van der Waals surface area contributed by atoms with E-state index in [1.165, 1.54) is 0 Å². The van der Waals surface area contributed by atoms with E-state index in [9.17, 15) is 13.2 Å². The summed E-state index contributed by atoms with van der Waals surface area (Å²) in [6.45, 7) is 4.33. The fraction of sp³-hybridized carbons (Fsp3) is 0.429. The molecule has 0 saturated carbocycles. The molecule has 1 aromatic carbocycles. The lowest BCUT2D eigenvalue weighted by Gasteiger charge is -2.18. The first-order valence-electron chi connectivity index (χ1n) is 9.79. The Morgan fingerprint density at radius 2 is 2.07 bits per heavy atom. The molecule has 1 aliphatic rings. The Kier molecular flexibility index (Phi) is 4.98. The molecule has 0 unspecified atom stereocenters. The minimum Gasteiger partial charge on any atom is -0.361 e. The molecule has 0 bridgehead atoms. The number of sulfone groups is 1. The number of H-pyrrole nitrogens is 1. The number of nitrogens with one attached hydrogen (secondary N) is 1. The van der Waals surface area contributed by atoms with Gasteiger partial charge in [-0.2, -0.15) is 5.10 Å². The van der Waals surface area contributed by atoms with Crippen molar-refractivity contribution in [3.05, 3.63) is 53.0 Å². The van der Waals surface area contributed by atoms with Crippen molar-refractivity contribution < 1.29 is 13.2 Å². The topological polar surface area (TPSA) is 88.1 Å². The highest BCUT2D eigenvalue weighted by Gasteiger charge is 2.31. The third-order valence-electron chi connectivity index (χ3n) is 5.87. The molecule has 2 aromatic heterocycles. The number of aromatic nitrogens is 3. The lowest BCUT2D eigenvalue weighted by molar-refractivity contribution is -0.129. The van der Waals surface area contributed by atoms with Crippen molar-refractivity contribution in [2.45, 2.75) is 39.3 Å². The van der Waals surface area contributed by atoms with Crippen LogP contribution in [0.4, 0.5) is 0 Å². The molecule has 1 saturated heterocycles. The normalized spacial score (nSPS) is 18.4. The van der Waals surface area contributed by atoms with Crippen molar-refractivity contribution in [3.8, 4) is 0 Å². The molecule has 0 radical (unpaired) electrons. The van der Waals surface area contributed by atoms with E-state index in [0.29, 0.717) is 19.4 Å². The molecule has 3 heterocycles. The fourth-order valence-corrected chi connectivity index (χ4v) is 5.84. The molecule has 1 atom stereocenters. The van der Waals surface area contributed by atoms with Gasteiger partial charge < -0.3 is 9.88 Å². The van der Waals surface area contributed by atoms with Crippen LogP contribution in [0.5, 0.6) is 0 Å². The molecule has 1 amide bonds. The average molecular weight is 415 g/mol. The van der Waals surface area contributed by atoms with Gasteiger partial charge in [0, 0.05) is 41.9 Å². The van der Waals surface area contributed by atoms with Crippen molar-refractivity contribution in [3.63, 3.8) is 0 Å². The first-order valence-corrected chi connectivity index (χ1v) is 11.6. The van der Waals surface area contributed by atoms with Crippen molar-refractivity contribution in [2.24, 2.45) is 0 Å². The first kappa shape index (κ1) is 19.7. The van der Waals surface area contributed by atoms with Gasteiger partial charge in [-0.25, -0.2) is 8.42 Å². The number of carbonyl (C=O) groups excluding carboxylic acids is 1. The number of carbonyl (C=O) groups is 1. The van der Waals surface area contributed by atoms with Crippen LogP contribution in [0.3, 0.4) is 0 Å². The van der Waals surface area contributed by atoms with Gasteiger partial charge in [-0.3, -0.25) is 9.48 Å². The van der Waals surface area contributed by atoms with Crippen molar-refractivity contribution in [1.82, 2.24) is 19.7 Å². The number of hydrogen-bond donors (Lipinski definition) is 1. The summed E-state index contributed by atoms with van der Waals surface area (Å²) in [5.41, 5.74) is 4.79. The fourth-order valence-electron chi connectivity index (χ4n) is 4.15. The number of likely N-dealkylation sites (N-methyl/N-ethyl adjacent to an activating group) is 1. The van der Waals surface area contributed by atoms with Gasteiger partial charge in [0.1, 0.15) is 0 Å². The molecule has 8 heteroatoms. The highest BCUT2D eigenvalue weighted by molar-refractivity contribution is 7.91. The molecule has 154 valence electrons. The van der Waals surface area contributed by atoms with E-state index < -0.39 is 9.84 Å². The molecule has 7 nitrogen and oxygen atoms in total. The Labute approximate surface area is 170 Å². The van der Waals surface area contributed by atoms with Gasteiger partial charge in [0.25, 0.3) is 0 Å². The second-order valence-corrected chi connectivity index (χ2v) is 10.2. The van der Waals surface area contributed by atoms with Crippen LogP contribution in [0.25, 0.3) is 10.9 Å². The van der Waals surface area contributed by atoms with Gasteiger partial charge in [0.15, 0.2) is 9.84 Å². The van der Waals surface area contributed by atoms with Crippen LogP contribution in [0.15, 0.2) is 30.5 Å². The minimum absolute atomic E-state index is 0.0322. The number of rotatable bonds is 5. The second-order valence-electron chi connectivity index (χ2n) is 7.94. The number of amides is 1. The molecule has 0 aliphatic carbocycles. The Balaban J connectivity index is 1.49. The van der Waals surface area contributed by atoms with Crippen molar-refractivity contribution >= 4 is 26.6 Å². The molecular formula is C21H26N4O3S. The van der Waals surface area contributed by atoms with E-state index in [1.807, 2.05) is 49.0 Å². The first-order chi connectivity index (χ1) is 13.7. The Bertz CT molecular complexity index is 1180. The van der Waals surface area contributed by atoms with E-state index in [1.54, 1.807) is 11.9 Å². The second kappa shape index (κ2) is 7.33. The summed E-state index contributed by atoms with van der Waals surface area (Å²) in [6, 6.07) is 7.84. The number of nitrogens with zero attached hydrogens (tertiary/aromatic N) is 3. The van der Waals surface area contributed by atoms with Crippen LogP contribution in [0.1, 0.15) is 35.0 Å². The van der Waals surface area contributed by atoms with Gasteiger partial charge in [-0.05, 0) is 31.9 Å². The number of fused-ring (bicyclic) bond motifs is 1. The molecule has 1 aliphatic heterocycles. The van der Waals surface area contributed by atoms with Crippen molar-refractivity contribution in [2.75, 3.05) is 18.6 Å². The quantitative estimate of drug-likeness (QED) is 0.695. The Morgan fingerprint density at radius 3 is 2.79 bits per heavy atom. The minimum atomic E-state index is -2.98. The molecule has 1 N–H and O–H groups in total. The summed E-state index contributed by atoms with van der Waals surface area (Å²) < 4.78 is 25.5. The van der Waals surface area contributed by atoms with Crippen LogP contribution in [0.2, 0.25) is 0 Å². The van der Waals surface area contributed by atoms with E-state index >= 15 is 0 Å². The van der Waals surface area contributed by atoms with Gasteiger partial charge in [-0.15, -0.1) is 0 Å². The predicted molar refractivity (Wildman–Crippen MR) is 112 cm³/mol. The standard InChI is InChI=1S/C21H26N4O3S/c1-14-19(15(2)25(23-14)17-8-9-29(27,28)13-17)12-24(3)21(26)10-16-11-22-20-7-5-4-6-18(16)20/h4-7,11,17,22H,8-10,12-13H2,1-3H3/t17-/m0/s1. The summed E-state index contributed by atoms with van der Waals surface area (Å²) in [5.74, 6) is 0.391. The van der Waals surface area contributed by atoms with E-state index in [4.69, 9.17) is 0 Å². The third-order valence-corrected chi connectivity index (χ3v) is 7.62. The average Bonchev–Trinajstić information content (AvgIpc) is 3.33. The smallest absolute Gasteiger partial charge is 0.227 e. The monoisotopic (exact) mass is 414 g/mol. The number of benzene rings is 1. The highest BCUT2D eigenvalue weighted by Crippen LogP contribution is 2.27. The zero-order chi connectivity index (χ0) is 20.8. The Morgan fingerprint density at radius 1 is 1.31 bits per heavy atom. The lowest BCUT2D eigenvalue weighted by Crippen LogP contribution is -2.28. The van der Waals surface area contributed by atoms with E-state index in [-0.39, 0.29) is 23.5 Å². The van der Waals surface area contributed by atoms with Crippen LogP contribution in [-0.2, 0) is 27.6 Å². The zero-order valence-corrected chi connectivity index (χ0v) is 17.8. The maximum atomic E-state index is 12.8. The summed E-state index contributed by atoms with van der Waals surface area (Å²) in [6.07, 6.45) is 2.82. The maximum absolute atomic E-state index is 12.8. The predicted octanol–water partition coefficient (Wildman–Crippen LogP) is 2.54. The van der Waals surface area contributed by atoms with Crippen LogP contribution < -0.4 is 0 Å². The SMILES string of the molecule is Cc1nn([C@H]2CCS(=O)(=O)C2)c(C)c1CN(C)C(=O)Cc1c[nH]c2ccccc12. The van der Waals surface area contributed by atoms with E-state index in [0.717, 1.165) is 33.4 Å². The van der Waals surface area contributed by atoms with Crippen LogP contribution >= 0.6 is 0 Å². The zero-order valence-electron chi connectivity index (χ0n) is 17.0. The molecule has 29 heavy (non-hydrogen) atoms. The molecule has 4 rings (SSSR count). The molecule has 1 fully saturated rings. The number of hydrogen-bond acceptors (Lipinski definition) is 4. The van der Waals surface area contributed by atoms with Gasteiger partial charge in [0.2, 0.25) is 5.91 Å². The van der Waals surface area contributed by atoms with Gasteiger partial charge in [-0.1, -0.05) is 18.2 Å². The van der Waals surface area contributed by atoms with Gasteiger partial charge >= 0.3 is 0 Å². The highest BCUT2D eigenvalue weighted by atomic mass is 32.2. The third kappa shape index (κ3) is 3.81. The molecular weight excluding hydrogens is 388 g/mol. The summed E-state index contributed by atoms with van der Waals surface area (Å²) in [4.78, 5) is 17.8. The van der Waals surface area contributed by atoms with Gasteiger partial charge in [0.05, 0.1) is 29.7 Å². The van der Waals surface area contributed by atoms with Crippen LogP contribution in [0, 0.1) is 13.8 Å². The maximum Gasteiger partial charge on any atom is 0.227 e. The molecule has 0 spiro atoms. The summed E-state index contributed by atoms with van der Waals surface area (Å²) >= 11 is 0. The van der Waals surface area contributed by atoms with Crippen LogP contribution in [-0.4, -0.2) is 52.5 Å². The van der Waals surface area contributed by atoms with Crippen molar-refractivity contribution in [1.29, 1.82) is 0 Å². The summed E-state index contributed by atoms with van der Waals surface area (Å²) in [7, 11) is -1.18. The summed E-state index contributed by atoms with van der Waals surface area (Å²) in [5, 5.41) is 5.66. The number of aryl methyl sites for hydroxylation is 1. The van der Waals surface area contributed by atoms with E-state index in [2.05, 4.69) is 10.1 Å². The number of aromatic amines is 1. The lowest BCUT2D eigenvalue weighted by atomic mass is 10.1. The largest absolute Gasteiger partial charge is 0.361 e. The Hall–Kier alpha value is -2.61. The number of para-hydroxylation sites is 1. The molecule has 3 aromatic rings.